The van der Waals surface area contributed by atoms with Crippen molar-refractivity contribution in [3.63, 3.8) is 0 Å². The van der Waals surface area contributed by atoms with Gasteiger partial charge in [0.05, 0.1) is 5.56 Å². The number of benzene rings is 2. The van der Waals surface area contributed by atoms with Crippen LogP contribution in [0.4, 0.5) is 10.1 Å². The van der Waals surface area contributed by atoms with Crippen molar-refractivity contribution >= 4 is 56.8 Å². The fraction of sp³-hybridized carbons (Fsp3) is 0.0714. The molecule has 0 spiro atoms. The van der Waals surface area contributed by atoms with Crippen molar-refractivity contribution < 1.29 is 9.18 Å². The molecule has 0 fully saturated rings. The highest BCUT2D eigenvalue weighted by molar-refractivity contribution is 14.1. The topological polar surface area (TPSA) is 29.1 Å². The van der Waals surface area contributed by atoms with Crippen LogP contribution in [0.2, 0.25) is 0 Å². The van der Waals surface area contributed by atoms with E-state index in [0.717, 1.165) is 14.8 Å². The van der Waals surface area contributed by atoms with Crippen LogP contribution in [0.1, 0.15) is 15.9 Å². The van der Waals surface area contributed by atoms with E-state index in [2.05, 4.69) is 27.9 Å². The molecule has 1 amide bonds. The van der Waals surface area contributed by atoms with Crippen LogP contribution in [0.15, 0.2) is 36.4 Å². The van der Waals surface area contributed by atoms with E-state index in [-0.39, 0.29) is 11.7 Å². The van der Waals surface area contributed by atoms with Crippen LogP contribution >= 0.6 is 45.2 Å². The summed E-state index contributed by atoms with van der Waals surface area (Å²) in [5.74, 6) is -0.574. The summed E-state index contributed by atoms with van der Waals surface area (Å²) < 4.78 is 14.7. The van der Waals surface area contributed by atoms with Gasteiger partial charge in [-0.05, 0) is 88.0 Å². The minimum atomic E-state index is -0.342. The Hall–Kier alpha value is -0.700. The molecule has 2 nitrogen and oxygen atoms in total. The first-order chi connectivity index (χ1) is 8.97. The first kappa shape index (κ1) is 14.7. The molecule has 5 heteroatoms. The number of amides is 1. The molecular weight excluding hydrogens is 471 g/mol. The van der Waals surface area contributed by atoms with Gasteiger partial charge >= 0.3 is 0 Å². The average molecular weight is 481 g/mol. The fourth-order valence-corrected chi connectivity index (χ4v) is 2.78. The normalized spacial score (nSPS) is 10.3. The highest BCUT2D eigenvalue weighted by Crippen LogP contribution is 2.19. The second-order valence-corrected chi connectivity index (χ2v) is 6.37. The van der Waals surface area contributed by atoms with Crippen LogP contribution in [0.3, 0.4) is 0 Å². The molecule has 2 aromatic rings. The summed E-state index contributed by atoms with van der Waals surface area (Å²) in [5, 5.41) is 2.82. The average Bonchev–Trinajstić information content (AvgIpc) is 2.33. The zero-order chi connectivity index (χ0) is 14.0. The molecule has 0 heterocycles. The number of halogens is 3. The molecule has 0 bridgehead atoms. The van der Waals surface area contributed by atoms with Crippen molar-refractivity contribution in [2.75, 3.05) is 5.32 Å². The summed E-state index contributed by atoms with van der Waals surface area (Å²) in [7, 11) is 0. The monoisotopic (exact) mass is 481 g/mol. The Bertz CT molecular complexity index is 643. The van der Waals surface area contributed by atoms with Gasteiger partial charge < -0.3 is 5.32 Å². The Labute approximate surface area is 138 Å². The van der Waals surface area contributed by atoms with Gasteiger partial charge in [-0.1, -0.05) is 6.07 Å². The molecule has 98 valence electrons. The zero-order valence-corrected chi connectivity index (χ0v) is 14.3. The Morgan fingerprint density at radius 1 is 1.11 bits per heavy atom. The molecule has 0 aliphatic heterocycles. The maximum absolute atomic E-state index is 13.0. The lowest BCUT2D eigenvalue weighted by atomic mass is 10.2. The summed E-state index contributed by atoms with van der Waals surface area (Å²) in [4.78, 5) is 12.1. The maximum Gasteiger partial charge on any atom is 0.256 e. The largest absolute Gasteiger partial charge is 0.322 e. The van der Waals surface area contributed by atoms with Gasteiger partial charge in [0, 0.05) is 12.8 Å². The number of hydrogen-bond donors (Lipinski definition) is 1. The van der Waals surface area contributed by atoms with Gasteiger partial charge in [0.25, 0.3) is 5.91 Å². The van der Waals surface area contributed by atoms with E-state index in [1.165, 1.54) is 18.2 Å². The van der Waals surface area contributed by atoms with E-state index in [1.807, 2.05) is 47.7 Å². The van der Waals surface area contributed by atoms with Gasteiger partial charge in [-0.25, -0.2) is 4.39 Å². The number of nitrogens with one attached hydrogen (secondary N) is 1. The van der Waals surface area contributed by atoms with Crippen molar-refractivity contribution in [1.29, 1.82) is 0 Å². The zero-order valence-electron chi connectivity index (χ0n) is 10.0. The number of carbonyl (C=O) groups is 1. The molecule has 0 aromatic heterocycles. The highest BCUT2D eigenvalue weighted by Gasteiger charge is 2.11. The van der Waals surface area contributed by atoms with E-state index >= 15 is 0 Å². The van der Waals surface area contributed by atoms with Crippen LogP contribution in [0.25, 0.3) is 0 Å². The molecule has 0 atom stereocenters. The number of hydrogen-bond acceptors (Lipinski definition) is 1. The smallest absolute Gasteiger partial charge is 0.256 e. The molecule has 0 unspecified atom stereocenters. The Kier molecular flexibility index (Phi) is 4.77. The van der Waals surface area contributed by atoms with Crippen molar-refractivity contribution in [3.05, 3.63) is 60.5 Å². The van der Waals surface area contributed by atoms with Crippen molar-refractivity contribution in [2.24, 2.45) is 0 Å². The quantitative estimate of drug-likeness (QED) is 0.625. The lowest BCUT2D eigenvalue weighted by molar-refractivity contribution is 0.102. The lowest BCUT2D eigenvalue weighted by Gasteiger charge is -2.08. The fourth-order valence-electron chi connectivity index (χ4n) is 1.54. The number of aryl methyl sites for hydroxylation is 1. The first-order valence-corrected chi connectivity index (χ1v) is 7.65. The van der Waals surface area contributed by atoms with Crippen LogP contribution < -0.4 is 5.32 Å². The van der Waals surface area contributed by atoms with Gasteiger partial charge in [0.1, 0.15) is 5.82 Å². The van der Waals surface area contributed by atoms with Crippen molar-refractivity contribution in [2.45, 2.75) is 6.92 Å². The maximum atomic E-state index is 13.0. The Morgan fingerprint density at radius 2 is 1.84 bits per heavy atom. The number of rotatable bonds is 2. The number of anilines is 1. The molecule has 0 saturated heterocycles. The van der Waals surface area contributed by atoms with Crippen LogP contribution in [-0.2, 0) is 0 Å². The molecule has 19 heavy (non-hydrogen) atoms. The molecule has 2 aromatic carbocycles. The second-order valence-electron chi connectivity index (χ2n) is 4.04. The van der Waals surface area contributed by atoms with Crippen LogP contribution in [-0.4, -0.2) is 5.91 Å². The van der Waals surface area contributed by atoms with E-state index in [0.29, 0.717) is 9.13 Å². The van der Waals surface area contributed by atoms with E-state index in [4.69, 9.17) is 0 Å². The predicted molar refractivity (Wildman–Crippen MR) is 91.0 cm³/mol. The molecular formula is C14H10FI2NO. The summed E-state index contributed by atoms with van der Waals surface area (Å²) in [5.41, 5.74) is 2.37. The van der Waals surface area contributed by atoms with E-state index in [1.54, 1.807) is 0 Å². The second kappa shape index (κ2) is 6.17. The standard InChI is InChI=1S/C14H10FI2NO/c1-8-2-4-10(7-12(8)16)18-14(19)11-5-3-9(15)6-13(11)17/h2-7H,1H3,(H,18,19). The molecule has 0 radical (unpaired) electrons. The third kappa shape index (κ3) is 3.65. The third-order valence-electron chi connectivity index (χ3n) is 2.61. The SMILES string of the molecule is Cc1ccc(NC(=O)c2ccc(F)cc2I)cc1I. The van der Waals surface area contributed by atoms with Crippen molar-refractivity contribution in [3.8, 4) is 0 Å². The summed E-state index contributed by atoms with van der Waals surface area (Å²) in [6.45, 7) is 2.01. The van der Waals surface area contributed by atoms with Crippen LogP contribution in [0.5, 0.6) is 0 Å². The van der Waals surface area contributed by atoms with E-state index in [9.17, 15) is 9.18 Å². The van der Waals surface area contributed by atoms with Gasteiger partial charge in [-0.2, -0.15) is 0 Å². The molecule has 0 saturated carbocycles. The number of carbonyl (C=O) groups excluding carboxylic acids is 1. The van der Waals surface area contributed by atoms with Gasteiger partial charge in [-0.3, -0.25) is 4.79 Å². The van der Waals surface area contributed by atoms with Crippen molar-refractivity contribution in [1.82, 2.24) is 0 Å². The Morgan fingerprint density at radius 3 is 2.47 bits per heavy atom. The molecule has 0 aliphatic carbocycles. The molecule has 0 aliphatic rings. The summed E-state index contributed by atoms with van der Waals surface area (Å²) >= 11 is 4.17. The van der Waals surface area contributed by atoms with E-state index < -0.39 is 0 Å². The third-order valence-corrected chi connectivity index (χ3v) is 4.66. The predicted octanol–water partition coefficient (Wildman–Crippen LogP) is 4.60. The minimum absolute atomic E-state index is 0.232. The minimum Gasteiger partial charge on any atom is -0.322 e. The summed E-state index contributed by atoms with van der Waals surface area (Å²) in [6.07, 6.45) is 0. The van der Waals surface area contributed by atoms with Gasteiger partial charge in [-0.15, -0.1) is 0 Å². The summed E-state index contributed by atoms with van der Waals surface area (Å²) in [6, 6.07) is 9.83. The Balaban J connectivity index is 2.23. The molecule has 2 rings (SSSR count). The molecule has 1 N–H and O–H groups in total. The lowest BCUT2D eigenvalue weighted by Crippen LogP contribution is -2.13. The van der Waals surface area contributed by atoms with Crippen LogP contribution in [0, 0.1) is 19.9 Å². The van der Waals surface area contributed by atoms with Gasteiger partial charge in [0.2, 0.25) is 0 Å². The van der Waals surface area contributed by atoms with Gasteiger partial charge in [0.15, 0.2) is 0 Å². The highest BCUT2D eigenvalue weighted by atomic mass is 127. The first-order valence-electron chi connectivity index (χ1n) is 5.50.